The normalized spacial score (nSPS) is 10.9. The molecule has 0 spiro atoms. The Kier molecular flexibility index (Phi) is 4.71. The van der Waals surface area contributed by atoms with E-state index in [1.54, 1.807) is 30.3 Å². The number of carbonyl (C=O) groups is 1. The summed E-state index contributed by atoms with van der Waals surface area (Å²) < 4.78 is 0. The van der Waals surface area contributed by atoms with Crippen LogP contribution in [0, 0.1) is 0 Å². The Hall–Kier alpha value is -1.48. The SMILES string of the molecule is O=C(C=Cc1ccc(Cl)cc1)c1cc(Cl)cc(Cl)c1O. The predicted molar refractivity (Wildman–Crippen MR) is 82.9 cm³/mol. The number of allylic oxidation sites excluding steroid dienone is 1. The van der Waals surface area contributed by atoms with E-state index >= 15 is 0 Å². The Bertz CT molecular complexity index is 676. The Labute approximate surface area is 131 Å². The van der Waals surface area contributed by atoms with Gasteiger partial charge in [-0.3, -0.25) is 4.79 Å². The van der Waals surface area contributed by atoms with E-state index in [9.17, 15) is 9.90 Å². The minimum Gasteiger partial charge on any atom is -0.506 e. The fraction of sp³-hybridized carbons (Fsp3) is 0. The van der Waals surface area contributed by atoms with Gasteiger partial charge < -0.3 is 5.11 Å². The summed E-state index contributed by atoms with van der Waals surface area (Å²) in [7, 11) is 0. The molecule has 2 nitrogen and oxygen atoms in total. The summed E-state index contributed by atoms with van der Waals surface area (Å²) in [5.74, 6) is -0.663. The summed E-state index contributed by atoms with van der Waals surface area (Å²) in [6.07, 6.45) is 2.96. The third kappa shape index (κ3) is 3.54. The second-order valence-electron chi connectivity index (χ2n) is 4.03. The average Bonchev–Trinajstić information content (AvgIpc) is 2.42. The van der Waals surface area contributed by atoms with Crippen LogP contribution in [0.15, 0.2) is 42.5 Å². The highest BCUT2D eigenvalue weighted by Gasteiger charge is 2.13. The summed E-state index contributed by atoms with van der Waals surface area (Å²) in [4.78, 5) is 12.0. The largest absolute Gasteiger partial charge is 0.506 e. The maximum absolute atomic E-state index is 12.0. The fourth-order valence-corrected chi connectivity index (χ4v) is 2.21. The van der Waals surface area contributed by atoms with Crippen LogP contribution in [0.4, 0.5) is 0 Å². The molecule has 0 bridgehead atoms. The zero-order valence-electron chi connectivity index (χ0n) is 10.1. The molecule has 5 heteroatoms. The van der Waals surface area contributed by atoms with Gasteiger partial charge in [-0.1, -0.05) is 53.0 Å². The number of carbonyl (C=O) groups excluding carboxylic acids is 1. The highest BCUT2D eigenvalue weighted by molar-refractivity contribution is 6.36. The molecule has 0 aliphatic rings. The van der Waals surface area contributed by atoms with Crippen molar-refractivity contribution in [2.45, 2.75) is 0 Å². The third-order valence-electron chi connectivity index (χ3n) is 2.59. The lowest BCUT2D eigenvalue weighted by atomic mass is 10.1. The molecule has 2 aromatic rings. The van der Waals surface area contributed by atoms with Crippen molar-refractivity contribution in [2.24, 2.45) is 0 Å². The van der Waals surface area contributed by atoms with Gasteiger partial charge in [0.1, 0.15) is 5.75 Å². The van der Waals surface area contributed by atoms with E-state index in [4.69, 9.17) is 34.8 Å². The Morgan fingerprint density at radius 3 is 2.30 bits per heavy atom. The minimum atomic E-state index is -0.387. The summed E-state index contributed by atoms with van der Waals surface area (Å²) in [6, 6.07) is 9.74. The van der Waals surface area contributed by atoms with E-state index in [2.05, 4.69) is 0 Å². The van der Waals surface area contributed by atoms with Crippen molar-refractivity contribution < 1.29 is 9.90 Å². The number of hydrogen-bond donors (Lipinski definition) is 1. The van der Waals surface area contributed by atoms with Crippen LogP contribution in [-0.2, 0) is 0 Å². The average molecular weight is 328 g/mol. The molecule has 0 amide bonds. The van der Waals surface area contributed by atoms with Gasteiger partial charge in [0.05, 0.1) is 10.6 Å². The van der Waals surface area contributed by atoms with Crippen molar-refractivity contribution >= 4 is 46.7 Å². The summed E-state index contributed by atoms with van der Waals surface area (Å²) >= 11 is 17.4. The topological polar surface area (TPSA) is 37.3 Å². The maximum Gasteiger partial charge on any atom is 0.189 e. The molecule has 0 aliphatic carbocycles. The number of hydrogen-bond acceptors (Lipinski definition) is 2. The van der Waals surface area contributed by atoms with Crippen LogP contribution in [-0.4, -0.2) is 10.9 Å². The van der Waals surface area contributed by atoms with Crippen LogP contribution in [0.3, 0.4) is 0 Å². The molecule has 2 aromatic carbocycles. The summed E-state index contributed by atoms with van der Waals surface area (Å²) in [5, 5.41) is 10.7. The second kappa shape index (κ2) is 6.31. The van der Waals surface area contributed by atoms with Crippen molar-refractivity contribution in [3.63, 3.8) is 0 Å². The van der Waals surface area contributed by atoms with Crippen LogP contribution in [0.2, 0.25) is 15.1 Å². The third-order valence-corrected chi connectivity index (χ3v) is 3.35. The summed E-state index contributed by atoms with van der Waals surface area (Å²) in [6.45, 7) is 0. The molecule has 0 fully saturated rings. The molecule has 0 unspecified atom stereocenters. The van der Waals surface area contributed by atoms with E-state index < -0.39 is 0 Å². The highest BCUT2D eigenvalue weighted by atomic mass is 35.5. The molecule has 0 saturated carbocycles. The number of halogens is 3. The smallest absolute Gasteiger partial charge is 0.189 e. The standard InChI is InChI=1S/C15H9Cl3O2/c16-10-4-1-9(2-5-10)3-6-14(19)12-7-11(17)8-13(18)15(12)20/h1-8,20H. The van der Waals surface area contributed by atoms with Gasteiger partial charge >= 0.3 is 0 Å². The Morgan fingerprint density at radius 2 is 1.65 bits per heavy atom. The van der Waals surface area contributed by atoms with Crippen LogP contribution in [0.25, 0.3) is 6.08 Å². The molecule has 2 rings (SSSR count). The zero-order valence-corrected chi connectivity index (χ0v) is 12.4. The first-order chi connectivity index (χ1) is 9.47. The number of phenols is 1. The molecule has 20 heavy (non-hydrogen) atoms. The first kappa shape index (κ1) is 14.9. The van der Waals surface area contributed by atoms with Crippen molar-refractivity contribution in [1.29, 1.82) is 0 Å². The Balaban J connectivity index is 2.26. The van der Waals surface area contributed by atoms with E-state index in [1.165, 1.54) is 18.2 Å². The Morgan fingerprint density at radius 1 is 1.00 bits per heavy atom. The fourth-order valence-electron chi connectivity index (χ4n) is 1.59. The lowest BCUT2D eigenvalue weighted by Crippen LogP contribution is -1.95. The molecule has 102 valence electrons. The number of ketones is 1. The highest BCUT2D eigenvalue weighted by Crippen LogP contribution is 2.31. The minimum absolute atomic E-state index is 0.0424. The molecule has 0 radical (unpaired) electrons. The number of benzene rings is 2. The van der Waals surface area contributed by atoms with Crippen LogP contribution >= 0.6 is 34.8 Å². The van der Waals surface area contributed by atoms with Crippen molar-refractivity contribution in [3.05, 3.63) is 68.7 Å². The first-order valence-corrected chi connectivity index (χ1v) is 6.77. The van der Waals surface area contributed by atoms with E-state index in [1.807, 2.05) is 0 Å². The number of rotatable bonds is 3. The van der Waals surface area contributed by atoms with E-state index in [-0.39, 0.29) is 27.1 Å². The van der Waals surface area contributed by atoms with E-state index in [0.29, 0.717) is 5.02 Å². The molecule has 0 heterocycles. The van der Waals surface area contributed by atoms with Gasteiger partial charge in [-0.25, -0.2) is 0 Å². The van der Waals surface area contributed by atoms with Crippen molar-refractivity contribution in [2.75, 3.05) is 0 Å². The van der Waals surface area contributed by atoms with Gasteiger partial charge in [-0.15, -0.1) is 0 Å². The molecule has 0 atom stereocenters. The van der Waals surface area contributed by atoms with Gasteiger partial charge in [0.25, 0.3) is 0 Å². The van der Waals surface area contributed by atoms with Gasteiger partial charge in [-0.05, 0) is 35.9 Å². The number of aromatic hydroxyl groups is 1. The van der Waals surface area contributed by atoms with Crippen molar-refractivity contribution in [3.8, 4) is 5.75 Å². The lowest BCUT2D eigenvalue weighted by molar-refractivity contribution is 0.104. The molecular formula is C15H9Cl3O2. The van der Waals surface area contributed by atoms with Gasteiger partial charge in [0.2, 0.25) is 0 Å². The first-order valence-electron chi connectivity index (χ1n) is 5.63. The molecular weight excluding hydrogens is 319 g/mol. The van der Waals surface area contributed by atoms with Crippen molar-refractivity contribution in [1.82, 2.24) is 0 Å². The quantitative estimate of drug-likeness (QED) is 0.617. The monoisotopic (exact) mass is 326 g/mol. The van der Waals surface area contributed by atoms with Crippen LogP contribution in [0.1, 0.15) is 15.9 Å². The van der Waals surface area contributed by atoms with Gasteiger partial charge in [0.15, 0.2) is 5.78 Å². The zero-order chi connectivity index (χ0) is 14.7. The maximum atomic E-state index is 12.0. The molecule has 0 aliphatic heterocycles. The lowest BCUT2D eigenvalue weighted by Gasteiger charge is -2.03. The van der Waals surface area contributed by atoms with E-state index in [0.717, 1.165) is 5.56 Å². The molecule has 1 N–H and O–H groups in total. The number of phenolic OH excluding ortho intramolecular Hbond substituents is 1. The summed E-state index contributed by atoms with van der Waals surface area (Å²) in [5.41, 5.74) is 0.878. The molecule has 0 saturated heterocycles. The van der Waals surface area contributed by atoms with Gasteiger partial charge in [0, 0.05) is 10.0 Å². The second-order valence-corrected chi connectivity index (χ2v) is 5.31. The predicted octanol–water partition coefficient (Wildman–Crippen LogP) is 5.25. The van der Waals surface area contributed by atoms with Crippen LogP contribution < -0.4 is 0 Å². The van der Waals surface area contributed by atoms with Gasteiger partial charge in [-0.2, -0.15) is 0 Å². The molecule has 0 aromatic heterocycles. The van der Waals surface area contributed by atoms with Crippen LogP contribution in [0.5, 0.6) is 5.75 Å².